The van der Waals surface area contributed by atoms with E-state index in [0.29, 0.717) is 34.4 Å². The van der Waals surface area contributed by atoms with Gasteiger partial charge in [0.25, 0.3) is 0 Å². The Morgan fingerprint density at radius 1 is 1.10 bits per heavy atom. The quantitative estimate of drug-likeness (QED) is 0.460. The number of aromatic nitrogens is 4. The molecule has 2 aromatic carbocycles. The fraction of sp³-hybridized carbons (Fsp3) is 0.190. The largest absolute Gasteiger partial charge is 0.497 e. The number of nitrogen functional groups attached to an aromatic ring is 1. The monoisotopic (exact) mass is 443 g/mol. The van der Waals surface area contributed by atoms with E-state index in [2.05, 4.69) is 15.0 Å². The predicted octanol–water partition coefficient (Wildman–Crippen LogP) is 4.10. The SMILES string of the molecule is COc1ccc(OC)c(Sc2nc3c(N)ncnc3n2CCc2cccc(F)c2F)c1. The van der Waals surface area contributed by atoms with Crippen molar-refractivity contribution < 1.29 is 18.3 Å². The van der Waals surface area contributed by atoms with Gasteiger partial charge in [0.05, 0.1) is 19.1 Å². The Hall–Kier alpha value is -3.40. The highest BCUT2D eigenvalue weighted by molar-refractivity contribution is 7.99. The van der Waals surface area contributed by atoms with Gasteiger partial charge in [0.15, 0.2) is 33.8 Å². The number of hydrogen-bond donors (Lipinski definition) is 1. The molecular formula is C21H19F2N5O2S. The maximum Gasteiger partial charge on any atom is 0.175 e. The maximum absolute atomic E-state index is 14.2. The number of hydrogen-bond acceptors (Lipinski definition) is 7. The van der Waals surface area contributed by atoms with Crippen LogP contribution in [0.5, 0.6) is 11.5 Å². The highest BCUT2D eigenvalue weighted by Crippen LogP contribution is 2.38. The fourth-order valence-corrected chi connectivity index (χ4v) is 4.20. The molecule has 0 saturated heterocycles. The summed E-state index contributed by atoms with van der Waals surface area (Å²) in [4.78, 5) is 13.7. The van der Waals surface area contributed by atoms with Gasteiger partial charge >= 0.3 is 0 Å². The van der Waals surface area contributed by atoms with E-state index < -0.39 is 11.6 Å². The Balaban J connectivity index is 1.75. The average Bonchev–Trinajstić information content (AvgIpc) is 3.13. The van der Waals surface area contributed by atoms with E-state index in [1.54, 1.807) is 37.0 Å². The number of methoxy groups -OCH3 is 2. The lowest BCUT2D eigenvalue weighted by Crippen LogP contribution is -2.06. The van der Waals surface area contributed by atoms with Gasteiger partial charge in [-0.05, 0) is 48.0 Å². The summed E-state index contributed by atoms with van der Waals surface area (Å²) in [5, 5.41) is 0.561. The van der Waals surface area contributed by atoms with E-state index in [1.807, 2.05) is 6.07 Å². The molecule has 10 heteroatoms. The van der Waals surface area contributed by atoms with Crippen molar-refractivity contribution in [1.82, 2.24) is 19.5 Å². The third-order valence-corrected chi connectivity index (χ3v) is 5.77. The van der Waals surface area contributed by atoms with Crippen LogP contribution in [0.25, 0.3) is 11.2 Å². The second kappa shape index (κ2) is 8.76. The van der Waals surface area contributed by atoms with E-state index in [9.17, 15) is 8.78 Å². The summed E-state index contributed by atoms with van der Waals surface area (Å²) in [6, 6.07) is 9.55. The van der Waals surface area contributed by atoms with Crippen LogP contribution in [0.15, 0.2) is 52.8 Å². The van der Waals surface area contributed by atoms with Crippen molar-refractivity contribution in [3.05, 3.63) is 59.9 Å². The number of imidazole rings is 1. The summed E-state index contributed by atoms with van der Waals surface area (Å²) in [5.74, 6) is -0.202. The number of benzene rings is 2. The zero-order chi connectivity index (χ0) is 22.0. The highest BCUT2D eigenvalue weighted by atomic mass is 32.2. The molecule has 0 radical (unpaired) electrons. The van der Waals surface area contributed by atoms with E-state index in [0.717, 1.165) is 11.0 Å². The van der Waals surface area contributed by atoms with Crippen LogP contribution < -0.4 is 15.2 Å². The molecule has 0 amide bonds. The molecule has 0 atom stereocenters. The van der Waals surface area contributed by atoms with E-state index >= 15 is 0 Å². The van der Waals surface area contributed by atoms with Crippen molar-refractivity contribution in [3.8, 4) is 11.5 Å². The van der Waals surface area contributed by atoms with Crippen LogP contribution in [-0.4, -0.2) is 33.7 Å². The molecule has 31 heavy (non-hydrogen) atoms. The number of ether oxygens (including phenoxy) is 2. The number of nitrogens with zero attached hydrogens (tertiary/aromatic N) is 4. The molecule has 0 spiro atoms. The summed E-state index contributed by atoms with van der Waals surface area (Å²) >= 11 is 1.33. The molecular weight excluding hydrogens is 424 g/mol. The molecule has 2 N–H and O–H groups in total. The second-order valence-electron chi connectivity index (χ2n) is 6.56. The molecule has 0 unspecified atom stereocenters. The average molecular weight is 443 g/mol. The van der Waals surface area contributed by atoms with Gasteiger partial charge < -0.3 is 19.8 Å². The van der Waals surface area contributed by atoms with Crippen LogP contribution in [0.3, 0.4) is 0 Å². The van der Waals surface area contributed by atoms with Crippen molar-refractivity contribution in [2.24, 2.45) is 0 Å². The number of aryl methyl sites for hydroxylation is 2. The first-order valence-corrected chi connectivity index (χ1v) is 10.1. The van der Waals surface area contributed by atoms with Gasteiger partial charge in [0.1, 0.15) is 17.8 Å². The Morgan fingerprint density at radius 3 is 2.71 bits per heavy atom. The molecule has 4 rings (SSSR count). The van der Waals surface area contributed by atoms with Gasteiger partial charge in [-0.25, -0.2) is 23.7 Å². The molecule has 160 valence electrons. The summed E-state index contributed by atoms with van der Waals surface area (Å²) in [5.41, 5.74) is 7.20. The number of fused-ring (bicyclic) bond motifs is 1. The first kappa shape index (κ1) is 20.9. The van der Waals surface area contributed by atoms with Crippen LogP contribution in [0.2, 0.25) is 0 Å². The van der Waals surface area contributed by atoms with Crippen LogP contribution >= 0.6 is 11.8 Å². The summed E-state index contributed by atoms with van der Waals surface area (Å²) in [6.07, 6.45) is 1.58. The minimum atomic E-state index is -0.879. The van der Waals surface area contributed by atoms with Gasteiger partial charge in [-0.15, -0.1) is 0 Å². The minimum absolute atomic E-state index is 0.236. The highest BCUT2D eigenvalue weighted by Gasteiger charge is 2.19. The summed E-state index contributed by atoms with van der Waals surface area (Å²) in [6.45, 7) is 0.307. The van der Waals surface area contributed by atoms with Crippen molar-refractivity contribution in [3.63, 3.8) is 0 Å². The Labute approximate surface area is 181 Å². The van der Waals surface area contributed by atoms with Crippen LogP contribution in [0.1, 0.15) is 5.56 Å². The second-order valence-corrected chi connectivity index (χ2v) is 7.57. The van der Waals surface area contributed by atoms with Gasteiger partial charge in [0, 0.05) is 6.54 Å². The van der Waals surface area contributed by atoms with Gasteiger partial charge in [-0.3, -0.25) is 0 Å². The van der Waals surface area contributed by atoms with Crippen LogP contribution in [0, 0.1) is 11.6 Å². The van der Waals surface area contributed by atoms with Crippen LogP contribution in [-0.2, 0) is 13.0 Å². The van der Waals surface area contributed by atoms with Gasteiger partial charge in [0.2, 0.25) is 0 Å². The lowest BCUT2D eigenvalue weighted by Gasteiger charge is -2.12. The van der Waals surface area contributed by atoms with E-state index in [-0.39, 0.29) is 17.8 Å². The van der Waals surface area contributed by atoms with E-state index in [4.69, 9.17) is 15.2 Å². The molecule has 0 aliphatic carbocycles. The molecule has 2 heterocycles. The number of halogens is 2. The lowest BCUT2D eigenvalue weighted by atomic mass is 10.1. The molecule has 2 aromatic heterocycles. The number of anilines is 1. The lowest BCUT2D eigenvalue weighted by molar-refractivity contribution is 0.394. The standard InChI is InChI=1S/C21H19F2N5O2S/c1-29-13-6-7-15(30-2)16(10-13)31-21-27-18-19(24)25-11-26-20(18)28(21)9-8-12-4-3-5-14(22)17(12)23/h3-7,10-11H,8-9H2,1-2H3,(H2,24,25,26). The van der Waals surface area contributed by atoms with E-state index in [1.165, 1.54) is 24.2 Å². The summed E-state index contributed by atoms with van der Waals surface area (Å²) < 4.78 is 40.3. The molecule has 7 nitrogen and oxygen atoms in total. The first-order valence-electron chi connectivity index (χ1n) is 9.31. The molecule has 4 aromatic rings. The molecule has 0 aliphatic heterocycles. The van der Waals surface area contributed by atoms with Crippen molar-refractivity contribution in [1.29, 1.82) is 0 Å². The Bertz CT molecular complexity index is 1250. The molecule has 0 saturated carbocycles. The number of nitrogens with two attached hydrogens (primary N) is 1. The van der Waals surface area contributed by atoms with Crippen molar-refractivity contribution in [2.75, 3.05) is 20.0 Å². The zero-order valence-electron chi connectivity index (χ0n) is 16.8. The topological polar surface area (TPSA) is 88.1 Å². The van der Waals surface area contributed by atoms with Crippen molar-refractivity contribution >= 4 is 28.7 Å². The third-order valence-electron chi connectivity index (χ3n) is 4.73. The third kappa shape index (κ3) is 4.11. The van der Waals surface area contributed by atoms with Crippen LogP contribution in [0.4, 0.5) is 14.6 Å². The normalized spacial score (nSPS) is 11.1. The van der Waals surface area contributed by atoms with Gasteiger partial charge in [-0.2, -0.15) is 0 Å². The molecule has 0 aliphatic rings. The number of rotatable bonds is 7. The Kier molecular flexibility index (Phi) is 5.90. The first-order chi connectivity index (χ1) is 15.0. The van der Waals surface area contributed by atoms with Crippen molar-refractivity contribution in [2.45, 2.75) is 23.0 Å². The minimum Gasteiger partial charge on any atom is -0.497 e. The summed E-state index contributed by atoms with van der Waals surface area (Å²) in [7, 11) is 3.15. The predicted molar refractivity (Wildman–Crippen MR) is 113 cm³/mol. The molecule has 0 bridgehead atoms. The zero-order valence-corrected chi connectivity index (χ0v) is 17.6. The van der Waals surface area contributed by atoms with Gasteiger partial charge in [-0.1, -0.05) is 12.1 Å². The molecule has 0 fully saturated rings. The Morgan fingerprint density at radius 2 is 1.94 bits per heavy atom. The smallest absolute Gasteiger partial charge is 0.175 e. The maximum atomic E-state index is 14.2. The fourth-order valence-electron chi connectivity index (χ4n) is 3.15.